The van der Waals surface area contributed by atoms with Gasteiger partial charge in [-0.15, -0.1) is 0 Å². The molecule has 3 aromatic heterocycles. The standard InChI is InChI=1S/C31H27N3O2/c1-4-20-8-12-26-25(16-20)24-11-10-23(36-30-13-9-21-6-5-7-28(35)31(21)33-30)18-27(24)34(26)29-17-22(19(2)3)14-15-32-29/h5-19,35H,4H2,1-3H3. The molecule has 0 fully saturated rings. The number of hydrogen-bond donors (Lipinski definition) is 1. The zero-order valence-electron chi connectivity index (χ0n) is 20.6. The zero-order chi connectivity index (χ0) is 24.8. The second-order valence-electron chi connectivity index (χ2n) is 9.42. The number of benzene rings is 3. The first-order valence-electron chi connectivity index (χ1n) is 12.3. The Bertz CT molecular complexity index is 1750. The van der Waals surface area contributed by atoms with Gasteiger partial charge < -0.3 is 9.84 Å². The van der Waals surface area contributed by atoms with Gasteiger partial charge in [0.05, 0.1) is 11.0 Å². The zero-order valence-corrected chi connectivity index (χ0v) is 20.6. The molecule has 178 valence electrons. The van der Waals surface area contributed by atoms with Gasteiger partial charge in [-0.05, 0) is 72.0 Å². The van der Waals surface area contributed by atoms with E-state index in [0.29, 0.717) is 23.1 Å². The quantitative estimate of drug-likeness (QED) is 0.276. The molecule has 0 unspecified atom stereocenters. The summed E-state index contributed by atoms with van der Waals surface area (Å²) in [5, 5.41) is 13.4. The van der Waals surface area contributed by atoms with E-state index in [2.05, 4.69) is 66.7 Å². The number of nitrogens with zero attached hydrogens (tertiary/aromatic N) is 3. The van der Waals surface area contributed by atoms with Gasteiger partial charge in [0, 0.05) is 34.5 Å². The van der Waals surface area contributed by atoms with E-state index in [9.17, 15) is 5.11 Å². The van der Waals surface area contributed by atoms with Crippen LogP contribution in [0.25, 0.3) is 38.5 Å². The minimum atomic E-state index is 0.136. The lowest BCUT2D eigenvalue weighted by molar-refractivity contribution is 0.460. The fraction of sp³-hybridized carbons (Fsp3) is 0.161. The largest absolute Gasteiger partial charge is 0.506 e. The molecule has 0 saturated heterocycles. The number of aryl methyl sites for hydroxylation is 1. The van der Waals surface area contributed by atoms with E-state index in [1.807, 2.05) is 36.5 Å². The lowest BCUT2D eigenvalue weighted by Crippen LogP contribution is -1.99. The topological polar surface area (TPSA) is 60.2 Å². The maximum absolute atomic E-state index is 10.2. The van der Waals surface area contributed by atoms with Crippen molar-refractivity contribution < 1.29 is 9.84 Å². The van der Waals surface area contributed by atoms with Gasteiger partial charge in [-0.3, -0.25) is 4.57 Å². The molecule has 0 aliphatic rings. The van der Waals surface area contributed by atoms with Gasteiger partial charge in [-0.2, -0.15) is 0 Å². The second-order valence-corrected chi connectivity index (χ2v) is 9.42. The summed E-state index contributed by atoms with van der Waals surface area (Å²) in [6.45, 7) is 6.56. The van der Waals surface area contributed by atoms with Crippen LogP contribution in [0.15, 0.2) is 85.1 Å². The van der Waals surface area contributed by atoms with Crippen LogP contribution in [0, 0.1) is 0 Å². The first kappa shape index (κ1) is 22.1. The Morgan fingerprint density at radius 3 is 2.61 bits per heavy atom. The number of phenols is 1. The number of hydrogen-bond acceptors (Lipinski definition) is 4. The third-order valence-corrected chi connectivity index (χ3v) is 6.77. The fourth-order valence-corrected chi connectivity index (χ4v) is 4.78. The Labute approximate surface area is 209 Å². The molecule has 0 bridgehead atoms. The Morgan fingerprint density at radius 2 is 1.78 bits per heavy atom. The van der Waals surface area contributed by atoms with E-state index in [1.54, 1.807) is 12.1 Å². The maximum Gasteiger partial charge on any atom is 0.219 e. The smallest absolute Gasteiger partial charge is 0.219 e. The van der Waals surface area contributed by atoms with Crippen molar-refractivity contribution in [1.82, 2.24) is 14.5 Å². The molecule has 3 heterocycles. The highest BCUT2D eigenvalue weighted by atomic mass is 16.5. The van der Waals surface area contributed by atoms with Crippen molar-refractivity contribution in [1.29, 1.82) is 0 Å². The molecule has 3 aromatic carbocycles. The van der Waals surface area contributed by atoms with E-state index in [1.165, 1.54) is 16.5 Å². The summed E-state index contributed by atoms with van der Waals surface area (Å²) in [5.41, 5.74) is 5.19. The van der Waals surface area contributed by atoms with Gasteiger partial charge in [-0.1, -0.05) is 39.0 Å². The van der Waals surface area contributed by atoms with Crippen molar-refractivity contribution in [3.8, 4) is 23.2 Å². The van der Waals surface area contributed by atoms with Crippen LogP contribution >= 0.6 is 0 Å². The van der Waals surface area contributed by atoms with Crippen molar-refractivity contribution in [2.75, 3.05) is 0 Å². The summed E-state index contributed by atoms with van der Waals surface area (Å²) in [7, 11) is 0. The first-order chi connectivity index (χ1) is 17.5. The van der Waals surface area contributed by atoms with Gasteiger partial charge in [0.15, 0.2) is 0 Å². The lowest BCUT2D eigenvalue weighted by atomic mass is 10.1. The number of rotatable bonds is 5. The molecule has 5 heteroatoms. The van der Waals surface area contributed by atoms with E-state index in [-0.39, 0.29) is 5.75 Å². The molecule has 0 amide bonds. The van der Waals surface area contributed by atoms with Crippen molar-refractivity contribution >= 4 is 32.7 Å². The molecule has 0 saturated carbocycles. The van der Waals surface area contributed by atoms with Crippen LogP contribution in [0.4, 0.5) is 0 Å². The Kier molecular flexibility index (Phi) is 5.33. The SMILES string of the molecule is CCc1ccc2c(c1)c1ccc(Oc3ccc4cccc(O)c4n3)cc1n2-c1cc(C(C)C)ccn1. The molecule has 6 aromatic rings. The number of ether oxygens (including phenoxy) is 1. The molecule has 5 nitrogen and oxygen atoms in total. The molecule has 1 N–H and O–H groups in total. The minimum Gasteiger partial charge on any atom is -0.506 e. The van der Waals surface area contributed by atoms with Crippen molar-refractivity contribution in [2.24, 2.45) is 0 Å². The van der Waals surface area contributed by atoms with Crippen molar-refractivity contribution in [2.45, 2.75) is 33.1 Å². The van der Waals surface area contributed by atoms with Crippen LogP contribution in [0.3, 0.4) is 0 Å². The second kappa shape index (κ2) is 8.68. The fourth-order valence-electron chi connectivity index (χ4n) is 4.78. The third kappa shape index (κ3) is 3.73. The van der Waals surface area contributed by atoms with Gasteiger partial charge in [0.1, 0.15) is 22.8 Å². The van der Waals surface area contributed by atoms with Crippen LogP contribution in [-0.4, -0.2) is 19.6 Å². The summed E-state index contributed by atoms with van der Waals surface area (Å²) in [6, 6.07) is 26.1. The van der Waals surface area contributed by atoms with Gasteiger partial charge in [0.2, 0.25) is 5.88 Å². The monoisotopic (exact) mass is 473 g/mol. The molecule has 36 heavy (non-hydrogen) atoms. The highest BCUT2D eigenvalue weighted by molar-refractivity contribution is 6.09. The lowest BCUT2D eigenvalue weighted by Gasteiger charge is -2.11. The van der Waals surface area contributed by atoms with Crippen LogP contribution in [0.1, 0.15) is 37.8 Å². The maximum atomic E-state index is 10.2. The number of para-hydroxylation sites is 1. The van der Waals surface area contributed by atoms with E-state index in [4.69, 9.17) is 9.72 Å². The normalized spacial score (nSPS) is 11.7. The Balaban J connectivity index is 1.53. The molecule has 0 aliphatic heterocycles. The first-order valence-corrected chi connectivity index (χ1v) is 12.3. The molecule has 0 aliphatic carbocycles. The van der Waals surface area contributed by atoms with Gasteiger partial charge in [-0.25, -0.2) is 9.97 Å². The number of phenolic OH excluding ortho intramolecular Hbond substituents is 1. The summed E-state index contributed by atoms with van der Waals surface area (Å²) < 4.78 is 8.40. The third-order valence-electron chi connectivity index (χ3n) is 6.77. The van der Waals surface area contributed by atoms with Gasteiger partial charge >= 0.3 is 0 Å². The van der Waals surface area contributed by atoms with Crippen molar-refractivity contribution in [3.63, 3.8) is 0 Å². The number of aromatic nitrogens is 3. The predicted octanol–water partition coefficient (Wildman–Crippen LogP) is 7.91. The molecule has 0 atom stereocenters. The van der Waals surface area contributed by atoms with Crippen LogP contribution in [0.5, 0.6) is 17.4 Å². The molecule has 0 radical (unpaired) electrons. The summed E-state index contributed by atoms with van der Waals surface area (Å²) in [6.07, 6.45) is 2.86. The highest BCUT2D eigenvalue weighted by Gasteiger charge is 2.16. The van der Waals surface area contributed by atoms with Crippen LogP contribution < -0.4 is 4.74 Å². The molecule has 6 rings (SSSR count). The number of fused-ring (bicyclic) bond motifs is 4. The molecular formula is C31H27N3O2. The number of aromatic hydroxyl groups is 1. The summed E-state index contributed by atoms with van der Waals surface area (Å²) in [5.74, 6) is 2.53. The Hall–Kier alpha value is -4.38. The predicted molar refractivity (Wildman–Crippen MR) is 146 cm³/mol. The van der Waals surface area contributed by atoms with Gasteiger partial charge in [0.25, 0.3) is 0 Å². The van der Waals surface area contributed by atoms with Crippen molar-refractivity contribution in [3.05, 3.63) is 96.2 Å². The Morgan fingerprint density at radius 1 is 0.889 bits per heavy atom. The number of pyridine rings is 2. The average Bonchev–Trinajstić information content (AvgIpc) is 3.22. The highest BCUT2D eigenvalue weighted by Crippen LogP contribution is 2.36. The van der Waals surface area contributed by atoms with Crippen LogP contribution in [-0.2, 0) is 6.42 Å². The average molecular weight is 474 g/mol. The summed E-state index contributed by atoms with van der Waals surface area (Å²) in [4.78, 5) is 9.28. The van der Waals surface area contributed by atoms with E-state index < -0.39 is 0 Å². The van der Waals surface area contributed by atoms with E-state index >= 15 is 0 Å². The molecular weight excluding hydrogens is 446 g/mol. The van der Waals surface area contributed by atoms with Crippen LogP contribution in [0.2, 0.25) is 0 Å². The van der Waals surface area contributed by atoms with E-state index in [0.717, 1.165) is 34.0 Å². The minimum absolute atomic E-state index is 0.136. The summed E-state index contributed by atoms with van der Waals surface area (Å²) >= 11 is 0. The molecule has 0 spiro atoms.